The van der Waals surface area contributed by atoms with Gasteiger partial charge < -0.3 is 10.6 Å². The first-order valence-electron chi connectivity index (χ1n) is 6.50. The molecule has 0 atom stereocenters. The van der Waals surface area contributed by atoms with Crippen molar-refractivity contribution in [1.82, 2.24) is 4.98 Å². The van der Waals surface area contributed by atoms with E-state index in [-0.39, 0.29) is 0 Å². The van der Waals surface area contributed by atoms with Gasteiger partial charge >= 0.3 is 0 Å². The Balaban J connectivity index is 2.47. The van der Waals surface area contributed by atoms with Gasteiger partial charge in [-0.25, -0.2) is 0 Å². The van der Waals surface area contributed by atoms with Gasteiger partial charge in [-0.2, -0.15) is 0 Å². The van der Waals surface area contributed by atoms with Crippen LogP contribution >= 0.6 is 0 Å². The molecule has 0 fully saturated rings. The summed E-state index contributed by atoms with van der Waals surface area (Å²) in [6.07, 6.45) is 3.65. The number of pyridine rings is 1. The van der Waals surface area contributed by atoms with Crippen LogP contribution in [0.2, 0.25) is 0 Å². The number of nitrogens with zero attached hydrogens (tertiary/aromatic N) is 2. The number of benzene rings is 1. The molecular weight excluding hydrogens is 222 g/mol. The van der Waals surface area contributed by atoms with E-state index in [9.17, 15) is 0 Å². The third-order valence-corrected chi connectivity index (χ3v) is 3.15. The zero-order valence-corrected chi connectivity index (χ0v) is 11.4. The molecule has 0 radical (unpaired) electrons. The Bertz CT molecular complexity index is 534. The second kappa shape index (κ2) is 5.25. The first-order valence-corrected chi connectivity index (χ1v) is 6.50. The van der Waals surface area contributed by atoms with E-state index >= 15 is 0 Å². The Kier molecular flexibility index (Phi) is 3.70. The van der Waals surface area contributed by atoms with E-state index in [1.165, 1.54) is 0 Å². The van der Waals surface area contributed by atoms with Crippen LogP contribution in [0.25, 0.3) is 10.8 Å². The monoisotopic (exact) mass is 243 g/mol. The van der Waals surface area contributed by atoms with Crippen molar-refractivity contribution in [3.05, 3.63) is 30.6 Å². The van der Waals surface area contributed by atoms with E-state index in [2.05, 4.69) is 42.8 Å². The molecule has 2 N–H and O–H groups in total. The number of nitrogen functional groups attached to an aromatic ring is 1. The lowest BCUT2D eigenvalue weighted by Crippen LogP contribution is -2.27. The van der Waals surface area contributed by atoms with Crippen molar-refractivity contribution in [1.29, 1.82) is 0 Å². The summed E-state index contributed by atoms with van der Waals surface area (Å²) in [6.45, 7) is 8.61. The van der Waals surface area contributed by atoms with Crippen molar-refractivity contribution < 1.29 is 0 Å². The van der Waals surface area contributed by atoms with E-state index in [0.717, 1.165) is 35.2 Å². The van der Waals surface area contributed by atoms with Gasteiger partial charge in [-0.1, -0.05) is 19.9 Å². The lowest BCUT2D eigenvalue weighted by atomic mass is 10.1. The normalized spacial score (nSPS) is 11.1. The average Bonchev–Trinajstić information content (AvgIpc) is 2.37. The molecule has 1 aromatic carbocycles. The fourth-order valence-electron chi connectivity index (χ4n) is 2.30. The molecule has 3 nitrogen and oxygen atoms in total. The number of aromatic nitrogens is 1. The molecule has 18 heavy (non-hydrogen) atoms. The highest BCUT2D eigenvalue weighted by Crippen LogP contribution is 2.31. The number of fused-ring (bicyclic) bond motifs is 1. The van der Waals surface area contributed by atoms with Gasteiger partial charge in [-0.3, -0.25) is 4.98 Å². The number of anilines is 2. The van der Waals surface area contributed by atoms with Gasteiger partial charge in [-0.05, 0) is 25.0 Å². The van der Waals surface area contributed by atoms with E-state index in [0.29, 0.717) is 5.92 Å². The van der Waals surface area contributed by atoms with Crippen LogP contribution in [0.15, 0.2) is 30.6 Å². The Morgan fingerprint density at radius 1 is 1.28 bits per heavy atom. The van der Waals surface area contributed by atoms with Gasteiger partial charge in [0.15, 0.2) is 0 Å². The average molecular weight is 243 g/mol. The van der Waals surface area contributed by atoms with E-state index in [1.807, 2.05) is 12.3 Å². The highest BCUT2D eigenvalue weighted by atomic mass is 15.1. The van der Waals surface area contributed by atoms with Crippen LogP contribution < -0.4 is 10.6 Å². The molecule has 0 aliphatic heterocycles. The highest BCUT2D eigenvalue weighted by Gasteiger charge is 2.11. The molecule has 0 spiro atoms. The van der Waals surface area contributed by atoms with Crippen molar-refractivity contribution in [2.75, 3.05) is 23.7 Å². The zero-order valence-electron chi connectivity index (χ0n) is 11.4. The Morgan fingerprint density at radius 3 is 2.72 bits per heavy atom. The minimum Gasteiger partial charge on any atom is -0.397 e. The molecule has 0 aliphatic carbocycles. The fourth-order valence-corrected chi connectivity index (χ4v) is 2.30. The summed E-state index contributed by atoms with van der Waals surface area (Å²) in [4.78, 5) is 6.46. The second-order valence-corrected chi connectivity index (χ2v) is 5.03. The second-order valence-electron chi connectivity index (χ2n) is 5.03. The largest absolute Gasteiger partial charge is 0.397 e. The van der Waals surface area contributed by atoms with Crippen LogP contribution in [0.4, 0.5) is 11.4 Å². The molecule has 0 bridgehead atoms. The lowest BCUT2D eigenvalue weighted by Gasteiger charge is -2.27. The summed E-state index contributed by atoms with van der Waals surface area (Å²) in [5, 5.41) is 2.18. The minimum atomic E-state index is 0.623. The summed E-state index contributed by atoms with van der Waals surface area (Å²) in [5.74, 6) is 0.623. The lowest BCUT2D eigenvalue weighted by molar-refractivity contribution is 0.619. The smallest absolute Gasteiger partial charge is 0.0632 e. The van der Waals surface area contributed by atoms with Gasteiger partial charge in [0.05, 0.1) is 11.4 Å². The fraction of sp³-hybridized carbons (Fsp3) is 0.400. The van der Waals surface area contributed by atoms with Gasteiger partial charge in [-0.15, -0.1) is 0 Å². The van der Waals surface area contributed by atoms with Crippen LogP contribution in [-0.2, 0) is 0 Å². The summed E-state index contributed by atoms with van der Waals surface area (Å²) < 4.78 is 0. The van der Waals surface area contributed by atoms with E-state index in [1.54, 1.807) is 6.20 Å². The molecule has 2 aromatic rings. The van der Waals surface area contributed by atoms with Crippen molar-refractivity contribution in [2.45, 2.75) is 20.8 Å². The Morgan fingerprint density at radius 2 is 2.06 bits per heavy atom. The molecule has 0 aliphatic rings. The van der Waals surface area contributed by atoms with Gasteiger partial charge in [0, 0.05) is 36.3 Å². The van der Waals surface area contributed by atoms with Crippen molar-refractivity contribution in [3.8, 4) is 0 Å². The number of rotatable bonds is 4. The standard InChI is InChI=1S/C15H21N3/c1-4-18(10-11(2)3)14-6-5-12-9-17-8-7-13(12)15(14)16/h5-9,11H,4,10,16H2,1-3H3. The maximum Gasteiger partial charge on any atom is 0.0632 e. The summed E-state index contributed by atoms with van der Waals surface area (Å²) in [5.41, 5.74) is 8.29. The molecule has 2 rings (SSSR count). The molecule has 1 aromatic heterocycles. The van der Waals surface area contributed by atoms with Crippen molar-refractivity contribution in [2.24, 2.45) is 5.92 Å². The van der Waals surface area contributed by atoms with Crippen LogP contribution in [0.5, 0.6) is 0 Å². The maximum absolute atomic E-state index is 6.30. The predicted molar refractivity (Wildman–Crippen MR) is 78.9 cm³/mol. The molecule has 0 saturated heterocycles. The third-order valence-electron chi connectivity index (χ3n) is 3.15. The van der Waals surface area contributed by atoms with Crippen LogP contribution in [-0.4, -0.2) is 18.1 Å². The first-order chi connectivity index (χ1) is 8.63. The Labute approximate surface area is 109 Å². The summed E-state index contributed by atoms with van der Waals surface area (Å²) >= 11 is 0. The Hall–Kier alpha value is -1.77. The van der Waals surface area contributed by atoms with Crippen molar-refractivity contribution in [3.63, 3.8) is 0 Å². The highest BCUT2D eigenvalue weighted by molar-refractivity contribution is 5.98. The zero-order chi connectivity index (χ0) is 13.1. The number of nitrogens with two attached hydrogens (primary N) is 1. The predicted octanol–water partition coefficient (Wildman–Crippen LogP) is 3.30. The van der Waals surface area contributed by atoms with Gasteiger partial charge in [0.25, 0.3) is 0 Å². The molecule has 1 heterocycles. The third kappa shape index (κ3) is 2.40. The molecular formula is C15H21N3. The van der Waals surface area contributed by atoms with Crippen molar-refractivity contribution >= 4 is 22.1 Å². The summed E-state index contributed by atoms with van der Waals surface area (Å²) in [7, 11) is 0. The van der Waals surface area contributed by atoms with E-state index in [4.69, 9.17) is 5.73 Å². The van der Waals surface area contributed by atoms with Gasteiger partial charge in [0.1, 0.15) is 0 Å². The number of hydrogen-bond acceptors (Lipinski definition) is 3. The first kappa shape index (κ1) is 12.7. The molecule has 0 unspecified atom stereocenters. The molecule has 3 heteroatoms. The number of hydrogen-bond donors (Lipinski definition) is 1. The quantitative estimate of drug-likeness (QED) is 0.838. The van der Waals surface area contributed by atoms with E-state index < -0.39 is 0 Å². The molecule has 96 valence electrons. The molecule has 0 amide bonds. The maximum atomic E-state index is 6.30. The van der Waals surface area contributed by atoms with Gasteiger partial charge in [0.2, 0.25) is 0 Å². The molecule has 0 saturated carbocycles. The SMILES string of the molecule is CCN(CC(C)C)c1ccc2cnccc2c1N. The topological polar surface area (TPSA) is 42.2 Å². The van der Waals surface area contributed by atoms with Crippen LogP contribution in [0, 0.1) is 5.92 Å². The van der Waals surface area contributed by atoms with Crippen LogP contribution in [0.3, 0.4) is 0 Å². The van der Waals surface area contributed by atoms with Crippen LogP contribution in [0.1, 0.15) is 20.8 Å². The minimum absolute atomic E-state index is 0.623. The summed E-state index contributed by atoms with van der Waals surface area (Å²) in [6, 6.07) is 6.18.